The van der Waals surface area contributed by atoms with Crippen molar-refractivity contribution in [2.45, 2.75) is 19.3 Å². The summed E-state index contributed by atoms with van der Waals surface area (Å²) in [7, 11) is 1.67. The maximum absolute atomic E-state index is 12.6. The molecule has 2 aromatic rings. The number of amides is 1. The van der Waals surface area contributed by atoms with Gasteiger partial charge < -0.3 is 19.1 Å². The van der Waals surface area contributed by atoms with E-state index in [-0.39, 0.29) is 12.7 Å². The van der Waals surface area contributed by atoms with Crippen molar-refractivity contribution in [3.8, 4) is 17.2 Å². The van der Waals surface area contributed by atoms with Gasteiger partial charge in [-0.1, -0.05) is 24.3 Å². The Morgan fingerprint density at radius 2 is 1.93 bits per heavy atom. The van der Waals surface area contributed by atoms with Crippen LogP contribution in [0.4, 0.5) is 0 Å². The van der Waals surface area contributed by atoms with Gasteiger partial charge in [0.15, 0.2) is 11.5 Å². The second-order valence-corrected chi connectivity index (χ2v) is 6.74. The van der Waals surface area contributed by atoms with Gasteiger partial charge >= 0.3 is 0 Å². The molecule has 5 heteroatoms. The first-order chi connectivity index (χ1) is 13.2. The van der Waals surface area contributed by atoms with Crippen molar-refractivity contribution in [1.29, 1.82) is 0 Å². The van der Waals surface area contributed by atoms with E-state index in [1.807, 2.05) is 35.2 Å². The quantitative estimate of drug-likeness (QED) is 0.811. The van der Waals surface area contributed by atoms with Gasteiger partial charge in [0.05, 0.1) is 7.11 Å². The molecule has 0 saturated heterocycles. The van der Waals surface area contributed by atoms with Gasteiger partial charge in [-0.2, -0.15) is 0 Å². The fourth-order valence-corrected chi connectivity index (χ4v) is 3.47. The molecule has 0 atom stereocenters. The Hall–Kier alpha value is -2.95. The molecule has 0 fully saturated rings. The van der Waals surface area contributed by atoms with Crippen molar-refractivity contribution in [3.05, 3.63) is 59.7 Å². The molecule has 4 rings (SSSR count). The highest BCUT2D eigenvalue weighted by Crippen LogP contribution is 2.33. The molecule has 2 aliphatic rings. The van der Waals surface area contributed by atoms with Crippen molar-refractivity contribution in [3.63, 3.8) is 0 Å². The van der Waals surface area contributed by atoms with E-state index >= 15 is 0 Å². The van der Waals surface area contributed by atoms with Crippen LogP contribution in [-0.2, 0) is 11.2 Å². The summed E-state index contributed by atoms with van der Waals surface area (Å²) in [6.45, 7) is 1.70. The number of hydrogen-bond acceptors (Lipinski definition) is 4. The third-order valence-electron chi connectivity index (χ3n) is 5.09. The highest BCUT2D eigenvalue weighted by molar-refractivity contribution is 5.78. The molecule has 2 aliphatic heterocycles. The van der Waals surface area contributed by atoms with E-state index in [1.54, 1.807) is 7.11 Å². The third-order valence-corrected chi connectivity index (χ3v) is 5.09. The largest absolute Gasteiger partial charge is 0.497 e. The molecular weight excluding hydrogens is 342 g/mol. The van der Waals surface area contributed by atoms with E-state index in [0.717, 1.165) is 35.8 Å². The normalized spacial score (nSPS) is 15.4. The Balaban J connectivity index is 1.32. The molecule has 2 aromatic carbocycles. The first-order valence-corrected chi connectivity index (χ1v) is 9.23. The van der Waals surface area contributed by atoms with Gasteiger partial charge in [0, 0.05) is 19.5 Å². The minimum atomic E-state index is 0.192. The Labute approximate surface area is 159 Å². The third kappa shape index (κ3) is 3.92. The SMILES string of the molecule is COc1ccc(C2=CCN(C(=O)CCc3ccc4c(c3)OCO4)CC2)cc1. The topological polar surface area (TPSA) is 48.0 Å². The fraction of sp³-hybridized carbons (Fsp3) is 0.318. The summed E-state index contributed by atoms with van der Waals surface area (Å²) in [5, 5.41) is 0. The number of ether oxygens (including phenoxy) is 3. The molecule has 0 unspecified atom stereocenters. The summed E-state index contributed by atoms with van der Waals surface area (Å²) < 4.78 is 15.9. The molecule has 27 heavy (non-hydrogen) atoms. The molecule has 140 valence electrons. The van der Waals surface area contributed by atoms with Crippen molar-refractivity contribution >= 4 is 11.5 Å². The average molecular weight is 365 g/mol. The van der Waals surface area contributed by atoms with E-state index < -0.39 is 0 Å². The second kappa shape index (κ2) is 7.74. The van der Waals surface area contributed by atoms with Crippen molar-refractivity contribution in [1.82, 2.24) is 4.90 Å². The molecule has 0 N–H and O–H groups in total. The van der Waals surface area contributed by atoms with E-state index in [9.17, 15) is 4.79 Å². The summed E-state index contributed by atoms with van der Waals surface area (Å²) >= 11 is 0. The van der Waals surface area contributed by atoms with Gasteiger partial charge in [0.25, 0.3) is 0 Å². The molecule has 0 saturated carbocycles. The number of hydrogen-bond donors (Lipinski definition) is 0. The van der Waals surface area contributed by atoms with Gasteiger partial charge in [-0.05, 0) is 53.8 Å². The Morgan fingerprint density at radius 1 is 1.11 bits per heavy atom. The minimum Gasteiger partial charge on any atom is -0.497 e. The van der Waals surface area contributed by atoms with Crippen LogP contribution < -0.4 is 14.2 Å². The lowest BCUT2D eigenvalue weighted by Crippen LogP contribution is -2.34. The van der Waals surface area contributed by atoms with Crippen LogP contribution in [0.1, 0.15) is 24.0 Å². The van der Waals surface area contributed by atoms with Gasteiger partial charge in [-0.3, -0.25) is 4.79 Å². The zero-order valence-electron chi connectivity index (χ0n) is 15.4. The Kier molecular flexibility index (Phi) is 5.01. The van der Waals surface area contributed by atoms with Gasteiger partial charge in [-0.25, -0.2) is 0 Å². The molecule has 0 spiro atoms. The lowest BCUT2D eigenvalue weighted by atomic mass is 9.99. The van der Waals surface area contributed by atoms with Crippen molar-refractivity contribution < 1.29 is 19.0 Å². The van der Waals surface area contributed by atoms with Crippen LogP contribution in [-0.4, -0.2) is 37.8 Å². The number of benzene rings is 2. The molecule has 2 heterocycles. The van der Waals surface area contributed by atoms with Crippen LogP contribution in [0.2, 0.25) is 0 Å². The summed E-state index contributed by atoms with van der Waals surface area (Å²) in [5.74, 6) is 2.59. The molecule has 5 nitrogen and oxygen atoms in total. The second-order valence-electron chi connectivity index (χ2n) is 6.74. The van der Waals surface area contributed by atoms with Crippen LogP contribution in [0.25, 0.3) is 5.57 Å². The van der Waals surface area contributed by atoms with Crippen molar-refractivity contribution in [2.75, 3.05) is 27.0 Å². The average Bonchev–Trinajstić information content (AvgIpc) is 3.20. The Bertz CT molecular complexity index is 857. The first kappa shape index (κ1) is 17.5. The molecule has 0 bridgehead atoms. The number of nitrogens with zero attached hydrogens (tertiary/aromatic N) is 1. The molecule has 0 aromatic heterocycles. The minimum absolute atomic E-state index is 0.192. The molecule has 1 amide bonds. The zero-order valence-corrected chi connectivity index (χ0v) is 15.4. The van der Waals surface area contributed by atoms with E-state index in [0.29, 0.717) is 19.4 Å². The molecular formula is C22H23NO4. The van der Waals surface area contributed by atoms with Crippen LogP contribution in [0.15, 0.2) is 48.5 Å². The predicted molar refractivity (Wildman–Crippen MR) is 103 cm³/mol. The summed E-state index contributed by atoms with van der Waals surface area (Å²) in [6, 6.07) is 14.0. The number of fused-ring (bicyclic) bond motifs is 1. The smallest absolute Gasteiger partial charge is 0.231 e. The van der Waals surface area contributed by atoms with Crippen LogP contribution in [0.3, 0.4) is 0 Å². The van der Waals surface area contributed by atoms with Gasteiger partial charge in [-0.15, -0.1) is 0 Å². The highest BCUT2D eigenvalue weighted by Gasteiger charge is 2.19. The van der Waals surface area contributed by atoms with E-state index in [4.69, 9.17) is 14.2 Å². The fourth-order valence-electron chi connectivity index (χ4n) is 3.47. The van der Waals surface area contributed by atoms with Gasteiger partial charge in [0.1, 0.15) is 5.75 Å². The lowest BCUT2D eigenvalue weighted by Gasteiger charge is -2.27. The monoisotopic (exact) mass is 365 g/mol. The lowest BCUT2D eigenvalue weighted by molar-refractivity contribution is -0.130. The van der Waals surface area contributed by atoms with E-state index in [1.165, 1.54) is 11.1 Å². The van der Waals surface area contributed by atoms with Crippen molar-refractivity contribution in [2.24, 2.45) is 0 Å². The first-order valence-electron chi connectivity index (χ1n) is 9.23. The zero-order chi connectivity index (χ0) is 18.6. The summed E-state index contributed by atoms with van der Waals surface area (Å²) in [4.78, 5) is 14.5. The Morgan fingerprint density at radius 3 is 2.67 bits per heavy atom. The van der Waals surface area contributed by atoms with Crippen LogP contribution in [0.5, 0.6) is 17.2 Å². The predicted octanol–water partition coefficient (Wildman–Crippen LogP) is 3.67. The number of aryl methyl sites for hydroxylation is 1. The maximum Gasteiger partial charge on any atom is 0.231 e. The molecule has 0 radical (unpaired) electrons. The van der Waals surface area contributed by atoms with E-state index in [2.05, 4.69) is 18.2 Å². The van der Waals surface area contributed by atoms with Crippen LogP contribution >= 0.6 is 0 Å². The highest BCUT2D eigenvalue weighted by atomic mass is 16.7. The number of rotatable bonds is 5. The summed E-state index contributed by atoms with van der Waals surface area (Å²) in [6.07, 6.45) is 4.25. The number of methoxy groups -OCH3 is 1. The number of carbonyl (C=O) groups is 1. The maximum atomic E-state index is 12.6. The summed E-state index contributed by atoms with van der Waals surface area (Å²) in [5.41, 5.74) is 3.58. The van der Waals surface area contributed by atoms with Crippen LogP contribution in [0, 0.1) is 0 Å². The molecule has 0 aliphatic carbocycles. The van der Waals surface area contributed by atoms with Gasteiger partial charge in [0.2, 0.25) is 12.7 Å². The standard InChI is InChI=1S/C22H23NO4/c1-25-19-6-4-17(5-7-19)18-10-12-23(13-11-18)22(24)9-3-16-2-8-20-21(14-16)27-15-26-20/h2,4-8,10,14H,3,9,11-13,15H2,1H3. The number of carbonyl (C=O) groups excluding carboxylic acids is 1.